The number of hydrogen-bond acceptors (Lipinski definition) is 6. The van der Waals surface area contributed by atoms with E-state index in [9.17, 15) is 4.79 Å². The van der Waals surface area contributed by atoms with E-state index in [4.69, 9.17) is 14.0 Å². The Balaban J connectivity index is 0.983. The van der Waals surface area contributed by atoms with Crippen LogP contribution < -0.4 is 9.47 Å². The van der Waals surface area contributed by atoms with Crippen LogP contribution in [0.5, 0.6) is 11.5 Å². The van der Waals surface area contributed by atoms with Gasteiger partial charge in [0.1, 0.15) is 11.5 Å². The maximum Gasteiger partial charge on any atom is 0.415 e. The van der Waals surface area contributed by atoms with E-state index in [1.807, 2.05) is 77.7 Å². The predicted octanol–water partition coefficient (Wildman–Crippen LogP) is 6.08. The van der Waals surface area contributed by atoms with Crippen molar-refractivity contribution >= 4 is 6.09 Å². The van der Waals surface area contributed by atoms with Gasteiger partial charge in [-0.25, -0.2) is 4.79 Å². The molecule has 3 aromatic carbocycles. The van der Waals surface area contributed by atoms with Gasteiger partial charge in [-0.05, 0) is 72.6 Å². The van der Waals surface area contributed by atoms with Crippen LogP contribution in [0.2, 0.25) is 0 Å². The molecule has 186 valence electrons. The Labute approximate surface area is 215 Å². The van der Waals surface area contributed by atoms with E-state index in [0.717, 1.165) is 30.8 Å². The topological polar surface area (TPSA) is 77.7 Å². The molecule has 2 aliphatic carbocycles. The molecular formula is C30H27N3O4. The highest BCUT2D eigenvalue weighted by Gasteiger charge is 2.75. The summed E-state index contributed by atoms with van der Waals surface area (Å²) < 4.78 is 16.9. The number of aromatic nitrogens is 2. The molecule has 0 bridgehead atoms. The fourth-order valence-electron chi connectivity index (χ4n) is 6.13. The normalized spacial score (nSPS) is 22.8. The molecule has 3 fully saturated rings. The standard InChI is InChI=1S/C30H27N3O4/c34-28(36-24-9-5-2-6-10-24)33-19-29(15-16-29)30(20-33)17-25(30)21-11-13-23(14-12-21)35-18-26-31-27(37-32-26)22-7-3-1-4-8-22/h1-14,25H,15-20H2/t25-,30?/m1/s1. The molecule has 1 amide bonds. The van der Waals surface area contributed by atoms with Gasteiger partial charge in [-0.3, -0.25) is 0 Å². The molecule has 4 aromatic rings. The Bertz CT molecular complexity index is 1420. The van der Waals surface area contributed by atoms with E-state index in [0.29, 0.717) is 23.4 Å². The van der Waals surface area contributed by atoms with Crippen molar-refractivity contribution in [3.8, 4) is 23.0 Å². The van der Waals surface area contributed by atoms with Crippen molar-refractivity contribution < 1.29 is 18.8 Å². The largest absolute Gasteiger partial charge is 0.485 e. The van der Waals surface area contributed by atoms with Crippen LogP contribution in [-0.2, 0) is 6.61 Å². The summed E-state index contributed by atoms with van der Waals surface area (Å²) in [5.74, 6) is 2.82. The van der Waals surface area contributed by atoms with Gasteiger partial charge in [-0.2, -0.15) is 4.98 Å². The summed E-state index contributed by atoms with van der Waals surface area (Å²) in [6.45, 7) is 1.81. The number of para-hydroxylation sites is 1. The molecule has 1 saturated heterocycles. The number of ether oxygens (including phenoxy) is 2. The van der Waals surface area contributed by atoms with Crippen molar-refractivity contribution in [2.45, 2.75) is 31.8 Å². The van der Waals surface area contributed by atoms with E-state index in [-0.39, 0.29) is 23.5 Å². The summed E-state index contributed by atoms with van der Waals surface area (Å²) in [4.78, 5) is 19.2. The first kappa shape index (κ1) is 22.1. The lowest BCUT2D eigenvalue weighted by molar-refractivity contribution is 0.159. The number of hydrogen-bond donors (Lipinski definition) is 0. The molecule has 7 rings (SSSR count). The smallest absolute Gasteiger partial charge is 0.415 e. The van der Waals surface area contributed by atoms with Gasteiger partial charge in [0.25, 0.3) is 5.89 Å². The van der Waals surface area contributed by atoms with Gasteiger partial charge in [-0.1, -0.05) is 53.7 Å². The molecule has 2 heterocycles. The summed E-state index contributed by atoms with van der Waals surface area (Å²) in [6, 6.07) is 27.3. The van der Waals surface area contributed by atoms with Crippen LogP contribution in [0, 0.1) is 10.8 Å². The molecule has 2 atom stereocenters. The highest BCUT2D eigenvalue weighted by Crippen LogP contribution is 2.79. The average Bonchev–Trinajstić information content (AvgIpc) is 3.79. The molecule has 3 aliphatic rings. The van der Waals surface area contributed by atoms with Gasteiger partial charge in [0.2, 0.25) is 5.82 Å². The predicted molar refractivity (Wildman–Crippen MR) is 136 cm³/mol. The maximum atomic E-state index is 12.9. The first-order valence-electron chi connectivity index (χ1n) is 12.8. The lowest BCUT2D eigenvalue weighted by Crippen LogP contribution is -2.32. The number of rotatable bonds is 6. The number of benzene rings is 3. The second-order valence-electron chi connectivity index (χ2n) is 10.5. The monoisotopic (exact) mass is 493 g/mol. The first-order valence-corrected chi connectivity index (χ1v) is 12.8. The van der Waals surface area contributed by atoms with Crippen molar-refractivity contribution in [3.63, 3.8) is 0 Å². The van der Waals surface area contributed by atoms with Crippen molar-refractivity contribution in [1.82, 2.24) is 15.0 Å². The fraction of sp³-hybridized carbons (Fsp3) is 0.300. The van der Waals surface area contributed by atoms with E-state index in [2.05, 4.69) is 22.3 Å². The minimum absolute atomic E-state index is 0.170. The summed E-state index contributed by atoms with van der Waals surface area (Å²) in [5, 5.41) is 4.03. The molecule has 1 aliphatic heterocycles. The van der Waals surface area contributed by atoms with Gasteiger partial charge < -0.3 is 18.9 Å². The van der Waals surface area contributed by atoms with Crippen LogP contribution in [0.25, 0.3) is 11.5 Å². The molecule has 37 heavy (non-hydrogen) atoms. The zero-order chi connectivity index (χ0) is 24.9. The number of carbonyl (C=O) groups is 1. The Kier molecular flexibility index (Phi) is 5.06. The summed E-state index contributed by atoms with van der Waals surface area (Å²) in [5.41, 5.74) is 2.61. The Hall–Kier alpha value is -4.13. The molecule has 1 unspecified atom stereocenters. The van der Waals surface area contributed by atoms with Crippen molar-refractivity contribution in [2.24, 2.45) is 10.8 Å². The SMILES string of the molecule is O=C(Oc1ccccc1)N1CC2(CC2)C2(C[C@@H]2c2ccc(OCc3noc(-c4ccccc4)n3)cc2)C1. The zero-order valence-corrected chi connectivity index (χ0v) is 20.4. The number of fused-ring (bicyclic) bond motifs is 1. The van der Waals surface area contributed by atoms with Crippen LogP contribution in [0.1, 0.15) is 36.6 Å². The molecule has 2 spiro atoms. The van der Waals surface area contributed by atoms with Crippen molar-refractivity contribution in [3.05, 3.63) is 96.3 Å². The molecule has 7 nitrogen and oxygen atoms in total. The summed E-state index contributed by atoms with van der Waals surface area (Å²) in [6.07, 6.45) is 3.26. The molecular weight excluding hydrogens is 466 g/mol. The fourth-order valence-corrected chi connectivity index (χ4v) is 6.13. The third-order valence-corrected chi connectivity index (χ3v) is 8.30. The number of likely N-dealkylation sites (tertiary alicyclic amines) is 1. The maximum absolute atomic E-state index is 12.9. The van der Waals surface area contributed by atoms with Crippen LogP contribution >= 0.6 is 0 Å². The lowest BCUT2D eigenvalue weighted by atomic mass is 9.85. The van der Waals surface area contributed by atoms with E-state index >= 15 is 0 Å². The van der Waals surface area contributed by atoms with Gasteiger partial charge in [-0.15, -0.1) is 0 Å². The van der Waals surface area contributed by atoms with E-state index in [1.54, 1.807) is 0 Å². The number of carbonyl (C=O) groups excluding carboxylic acids is 1. The molecule has 0 radical (unpaired) electrons. The van der Waals surface area contributed by atoms with Gasteiger partial charge in [0.15, 0.2) is 6.61 Å². The quantitative estimate of drug-likeness (QED) is 0.324. The third kappa shape index (κ3) is 3.95. The van der Waals surface area contributed by atoms with Crippen molar-refractivity contribution in [2.75, 3.05) is 13.1 Å². The van der Waals surface area contributed by atoms with Crippen molar-refractivity contribution in [1.29, 1.82) is 0 Å². The van der Waals surface area contributed by atoms with Crippen LogP contribution in [0.15, 0.2) is 89.5 Å². The summed E-state index contributed by atoms with van der Waals surface area (Å²) in [7, 11) is 0. The Morgan fingerprint density at radius 3 is 2.38 bits per heavy atom. The summed E-state index contributed by atoms with van der Waals surface area (Å²) >= 11 is 0. The molecule has 0 N–H and O–H groups in total. The molecule has 2 saturated carbocycles. The Morgan fingerprint density at radius 2 is 1.65 bits per heavy atom. The molecule has 7 heteroatoms. The number of nitrogens with zero attached hydrogens (tertiary/aromatic N) is 3. The average molecular weight is 494 g/mol. The second-order valence-corrected chi connectivity index (χ2v) is 10.5. The highest BCUT2D eigenvalue weighted by atomic mass is 16.6. The molecule has 1 aromatic heterocycles. The zero-order valence-electron chi connectivity index (χ0n) is 20.4. The lowest BCUT2D eigenvalue weighted by Gasteiger charge is -2.17. The third-order valence-electron chi connectivity index (χ3n) is 8.30. The van der Waals surface area contributed by atoms with Gasteiger partial charge in [0.05, 0.1) is 0 Å². The minimum Gasteiger partial charge on any atom is -0.485 e. The first-order chi connectivity index (χ1) is 18.1. The second kappa shape index (κ2) is 8.47. The van der Waals surface area contributed by atoms with Crippen LogP contribution in [0.4, 0.5) is 4.79 Å². The highest BCUT2D eigenvalue weighted by molar-refractivity contribution is 5.72. The Morgan fingerprint density at radius 1 is 0.919 bits per heavy atom. The van der Waals surface area contributed by atoms with Crippen LogP contribution in [0.3, 0.4) is 0 Å². The van der Waals surface area contributed by atoms with Crippen LogP contribution in [-0.4, -0.2) is 34.2 Å². The van der Waals surface area contributed by atoms with E-state index in [1.165, 1.54) is 18.4 Å². The minimum atomic E-state index is -0.236. The van der Waals surface area contributed by atoms with E-state index < -0.39 is 0 Å². The van der Waals surface area contributed by atoms with Gasteiger partial charge >= 0.3 is 6.09 Å². The number of amides is 1. The van der Waals surface area contributed by atoms with Gasteiger partial charge in [0, 0.05) is 24.1 Å².